The third kappa shape index (κ3) is 2.54. The van der Waals surface area contributed by atoms with E-state index >= 15 is 0 Å². The Bertz CT molecular complexity index is 253. The number of rotatable bonds is 3. The Hall–Kier alpha value is -0.860. The quantitative estimate of drug-likeness (QED) is 0.773. The van der Waals surface area contributed by atoms with E-state index in [-0.39, 0.29) is 12.1 Å². The Morgan fingerprint density at radius 1 is 1.08 bits per heavy atom. The van der Waals surface area contributed by atoms with Crippen molar-refractivity contribution in [3.63, 3.8) is 0 Å². The summed E-state index contributed by atoms with van der Waals surface area (Å²) < 4.78 is 5.21. The molecule has 2 nitrogen and oxygen atoms in total. The fraction of sp³-hybridized carbons (Fsp3) is 0.455. The van der Waals surface area contributed by atoms with E-state index in [1.54, 1.807) is 7.11 Å². The lowest BCUT2D eigenvalue weighted by Crippen LogP contribution is -2.05. The lowest BCUT2D eigenvalue weighted by molar-refractivity contribution is 0.119. The summed E-state index contributed by atoms with van der Waals surface area (Å²) in [5, 5.41) is 0. The number of methoxy groups -OCH3 is 1. The van der Waals surface area contributed by atoms with Gasteiger partial charge in [0, 0.05) is 13.2 Å². The molecule has 1 aromatic carbocycles. The largest absolute Gasteiger partial charge is 0.377 e. The molecule has 1 rings (SSSR count). The van der Waals surface area contributed by atoms with Crippen LogP contribution in [0.1, 0.15) is 37.1 Å². The fourth-order valence-electron chi connectivity index (χ4n) is 1.21. The number of ether oxygens (including phenoxy) is 1. The summed E-state index contributed by atoms with van der Waals surface area (Å²) in [5.41, 5.74) is 8.09. The standard InChI is InChI=1S/C11H17NO/c1-8(12)10-4-6-11(7-5-10)9(2)13-3/h4-9H,12H2,1-3H3/t8-,9-/m0/s1. The first kappa shape index (κ1) is 10.2. The molecule has 0 saturated carbocycles. The van der Waals surface area contributed by atoms with Crippen LogP contribution in [0.3, 0.4) is 0 Å². The van der Waals surface area contributed by atoms with Crippen LogP contribution in [0.5, 0.6) is 0 Å². The monoisotopic (exact) mass is 179 g/mol. The van der Waals surface area contributed by atoms with Crippen LogP contribution in [-0.4, -0.2) is 7.11 Å². The van der Waals surface area contributed by atoms with Gasteiger partial charge in [-0.05, 0) is 25.0 Å². The Kier molecular flexibility index (Phi) is 3.46. The van der Waals surface area contributed by atoms with Gasteiger partial charge < -0.3 is 10.5 Å². The van der Waals surface area contributed by atoms with Gasteiger partial charge in [-0.2, -0.15) is 0 Å². The molecule has 13 heavy (non-hydrogen) atoms. The summed E-state index contributed by atoms with van der Waals surface area (Å²) >= 11 is 0. The molecule has 2 N–H and O–H groups in total. The van der Waals surface area contributed by atoms with Gasteiger partial charge in [0.2, 0.25) is 0 Å². The van der Waals surface area contributed by atoms with Crippen molar-refractivity contribution in [3.8, 4) is 0 Å². The second-order valence-electron chi connectivity index (χ2n) is 3.33. The normalized spacial score (nSPS) is 15.4. The van der Waals surface area contributed by atoms with Crippen molar-refractivity contribution in [2.24, 2.45) is 5.73 Å². The minimum Gasteiger partial charge on any atom is -0.377 e. The molecule has 0 unspecified atom stereocenters. The molecule has 0 bridgehead atoms. The zero-order valence-corrected chi connectivity index (χ0v) is 8.45. The van der Waals surface area contributed by atoms with Crippen LogP contribution in [0, 0.1) is 0 Å². The summed E-state index contributed by atoms with van der Waals surface area (Å²) in [5.74, 6) is 0. The molecule has 0 amide bonds. The van der Waals surface area contributed by atoms with Crippen molar-refractivity contribution >= 4 is 0 Å². The van der Waals surface area contributed by atoms with Gasteiger partial charge in [0.25, 0.3) is 0 Å². The third-order valence-corrected chi connectivity index (χ3v) is 2.29. The highest BCUT2D eigenvalue weighted by Gasteiger charge is 2.04. The van der Waals surface area contributed by atoms with Gasteiger partial charge in [-0.3, -0.25) is 0 Å². The van der Waals surface area contributed by atoms with Crippen LogP contribution in [0.2, 0.25) is 0 Å². The summed E-state index contributed by atoms with van der Waals surface area (Å²) in [7, 11) is 1.71. The maximum Gasteiger partial charge on any atom is 0.0793 e. The highest BCUT2D eigenvalue weighted by Crippen LogP contribution is 2.18. The van der Waals surface area contributed by atoms with Crippen LogP contribution >= 0.6 is 0 Å². The van der Waals surface area contributed by atoms with Crippen LogP contribution in [0.25, 0.3) is 0 Å². The van der Waals surface area contributed by atoms with Gasteiger partial charge in [0.1, 0.15) is 0 Å². The average molecular weight is 179 g/mol. The van der Waals surface area contributed by atoms with Gasteiger partial charge in [0.05, 0.1) is 6.10 Å². The van der Waals surface area contributed by atoms with E-state index in [0.717, 1.165) is 5.56 Å². The molecule has 0 saturated heterocycles. The molecule has 2 atom stereocenters. The lowest BCUT2D eigenvalue weighted by atomic mass is 10.0. The predicted octanol–water partition coefficient (Wildman–Crippen LogP) is 2.41. The minimum atomic E-state index is 0.104. The molecule has 0 aromatic heterocycles. The second kappa shape index (κ2) is 4.40. The van der Waals surface area contributed by atoms with E-state index in [2.05, 4.69) is 24.3 Å². The minimum absolute atomic E-state index is 0.104. The van der Waals surface area contributed by atoms with Gasteiger partial charge in [0.15, 0.2) is 0 Å². The molecule has 0 spiro atoms. The third-order valence-electron chi connectivity index (χ3n) is 2.29. The van der Waals surface area contributed by atoms with E-state index in [1.807, 2.05) is 13.8 Å². The summed E-state index contributed by atoms with van der Waals surface area (Å²) in [6, 6.07) is 8.33. The Morgan fingerprint density at radius 3 is 1.92 bits per heavy atom. The number of hydrogen-bond donors (Lipinski definition) is 1. The van der Waals surface area contributed by atoms with Crippen LogP contribution in [-0.2, 0) is 4.74 Å². The second-order valence-corrected chi connectivity index (χ2v) is 3.33. The molecule has 0 fully saturated rings. The van der Waals surface area contributed by atoms with Crippen LogP contribution in [0.4, 0.5) is 0 Å². The lowest BCUT2D eigenvalue weighted by Gasteiger charge is -2.11. The van der Waals surface area contributed by atoms with E-state index < -0.39 is 0 Å². The van der Waals surface area contributed by atoms with Crippen molar-refractivity contribution < 1.29 is 4.74 Å². The Labute approximate surface area is 79.7 Å². The first-order chi connectivity index (χ1) is 6.15. The Balaban J connectivity index is 2.81. The van der Waals surface area contributed by atoms with Crippen molar-refractivity contribution in [3.05, 3.63) is 35.4 Å². The van der Waals surface area contributed by atoms with Gasteiger partial charge >= 0.3 is 0 Å². The van der Waals surface area contributed by atoms with E-state index in [1.165, 1.54) is 5.56 Å². The molecule has 72 valence electrons. The summed E-state index contributed by atoms with van der Waals surface area (Å²) in [6.45, 7) is 4.01. The van der Waals surface area contributed by atoms with Crippen molar-refractivity contribution in [1.29, 1.82) is 0 Å². The number of hydrogen-bond acceptors (Lipinski definition) is 2. The molecule has 0 aliphatic rings. The summed E-state index contributed by atoms with van der Waals surface area (Å²) in [6.07, 6.45) is 0.155. The van der Waals surface area contributed by atoms with Gasteiger partial charge in [-0.1, -0.05) is 24.3 Å². The maximum absolute atomic E-state index is 5.74. The van der Waals surface area contributed by atoms with E-state index in [9.17, 15) is 0 Å². The van der Waals surface area contributed by atoms with E-state index in [0.29, 0.717) is 0 Å². The zero-order valence-electron chi connectivity index (χ0n) is 8.45. The molecule has 2 heteroatoms. The highest BCUT2D eigenvalue weighted by molar-refractivity contribution is 5.25. The highest BCUT2D eigenvalue weighted by atomic mass is 16.5. The smallest absolute Gasteiger partial charge is 0.0793 e. The van der Waals surface area contributed by atoms with Crippen molar-refractivity contribution in [1.82, 2.24) is 0 Å². The molecule has 0 heterocycles. The van der Waals surface area contributed by atoms with E-state index in [4.69, 9.17) is 10.5 Å². The molecule has 0 radical (unpaired) electrons. The van der Waals surface area contributed by atoms with Crippen molar-refractivity contribution in [2.75, 3.05) is 7.11 Å². The van der Waals surface area contributed by atoms with Gasteiger partial charge in [-0.15, -0.1) is 0 Å². The SMILES string of the molecule is CO[C@@H](C)c1ccc([C@H](C)N)cc1. The first-order valence-electron chi connectivity index (χ1n) is 4.53. The van der Waals surface area contributed by atoms with Crippen LogP contribution in [0.15, 0.2) is 24.3 Å². The molecular weight excluding hydrogens is 162 g/mol. The summed E-state index contributed by atoms with van der Waals surface area (Å²) in [4.78, 5) is 0. The maximum atomic E-state index is 5.74. The Morgan fingerprint density at radius 2 is 1.54 bits per heavy atom. The van der Waals surface area contributed by atoms with Crippen molar-refractivity contribution in [2.45, 2.75) is 26.0 Å². The van der Waals surface area contributed by atoms with Crippen LogP contribution < -0.4 is 5.73 Å². The molecular formula is C11H17NO. The topological polar surface area (TPSA) is 35.2 Å². The van der Waals surface area contributed by atoms with Gasteiger partial charge in [-0.25, -0.2) is 0 Å². The first-order valence-corrected chi connectivity index (χ1v) is 4.53. The number of nitrogens with two attached hydrogens (primary N) is 1. The zero-order chi connectivity index (χ0) is 9.84. The predicted molar refractivity (Wildman–Crippen MR) is 54.5 cm³/mol. The molecule has 1 aromatic rings. The fourth-order valence-corrected chi connectivity index (χ4v) is 1.21. The average Bonchev–Trinajstić information content (AvgIpc) is 2.17. The number of benzene rings is 1. The molecule has 0 aliphatic heterocycles. The molecule has 0 aliphatic carbocycles.